The zero-order valence-electron chi connectivity index (χ0n) is 10.9. The van der Waals surface area contributed by atoms with E-state index in [-0.39, 0.29) is 18.0 Å². The largest absolute Gasteiger partial charge is 0.488 e. The van der Waals surface area contributed by atoms with Gasteiger partial charge in [0.1, 0.15) is 12.6 Å². The van der Waals surface area contributed by atoms with Crippen LogP contribution in [0.3, 0.4) is 0 Å². The van der Waals surface area contributed by atoms with E-state index in [9.17, 15) is 14.5 Å². The Morgan fingerprint density at radius 2 is 2.35 bits per heavy atom. The average Bonchev–Trinajstić information content (AvgIpc) is 3.21. The summed E-state index contributed by atoms with van der Waals surface area (Å²) >= 11 is 0. The van der Waals surface area contributed by atoms with Gasteiger partial charge in [-0.05, 0) is 25.8 Å². The number of nitro benzene ring substituents is 1. The molecule has 0 amide bonds. The normalized spacial score (nSPS) is 15.4. The first kappa shape index (κ1) is 14.2. The predicted octanol–water partition coefficient (Wildman–Crippen LogP) is 2.07. The molecule has 1 saturated carbocycles. The molecule has 1 fully saturated rings. The molecule has 1 aliphatic carbocycles. The van der Waals surface area contributed by atoms with E-state index in [0.29, 0.717) is 11.6 Å². The van der Waals surface area contributed by atoms with Crippen LogP contribution in [0.1, 0.15) is 18.4 Å². The smallest absolute Gasteiger partial charge is 0.275 e. The van der Waals surface area contributed by atoms with Crippen LogP contribution in [0, 0.1) is 34.2 Å². The lowest BCUT2D eigenvalue weighted by molar-refractivity contribution is -0.385. The minimum Gasteiger partial charge on any atom is -0.488 e. The van der Waals surface area contributed by atoms with E-state index >= 15 is 0 Å². The number of benzene rings is 1. The molecule has 1 atom stereocenters. The Morgan fingerprint density at radius 3 is 2.90 bits per heavy atom. The molecule has 1 N–H and O–H groups in total. The third kappa shape index (κ3) is 3.42. The summed E-state index contributed by atoms with van der Waals surface area (Å²) in [4.78, 5) is 10.0. The maximum atomic E-state index is 13.7. The summed E-state index contributed by atoms with van der Waals surface area (Å²) in [5.41, 5.74) is 0.0258. The number of nitrogens with one attached hydrogen (secondary N) is 1. The van der Waals surface area contributed by atoms with Gasteiger partial charge in [-0.1, -0.05) is 0 Å². The van der Waals surface area contributed by atoms with Crippen molar-refractivity contribution in [2.24, 2.45) is 0 Å². The van der Waals surface area contributed by atoms with Crippen molar-refractivity contribution in [3.05, 3.63) is 33.6 Å². The first-order valence-electron chi connectivity index (χ1n) is 6.24. The second-order valence-electron chi connectivity index (χ2n) is 4.76. The van der Waals surface area contributed by atoms with Gasteiger partial charge < -0.3 is 4.74 Å². The molecule has 0 heterocycles. The predicted molar refractivity (Wildman–Crippen MR) is 68.8 cm³/mol. The molecule has 106 valence electrons. The van der Waals surface area contributed by atoms with Crippen LogP contribution in [0.5, 0.6) is 5.75 Å². The Kier molecular flexibility index (Phi) is 4.15. The van der Waals surface area contributed by atoms with Crippen molar-refractivity contribution >= 4 is 5.69 Å². The Morgan fingerprint density at radius 1 is 1.65 bits per heavy atom. The van der Waals surface area contributed by atoms with E-state index in [0.717, 1.165) is 18.9 Å². The van der Waals surface area contributed by atoms with E-state index in [1.54, 1.807) is 0 Å². The zero-order chi connectivity index (χ0) is 14.7. The highest BCUT2D eigenvalue weighted by Gasteiger charge is 2.25. The molecule has 20 heavy (non-hydrogen) atoms. The van der Waals surface area contributed by atoms with E-state index < -0.39 is 16.8 Å². The highest BCUT2D eigenvalue weighted by Crippen LogP contribution is 2.27. The number of nitro groups is 1. The zero-order valence-corrected chi connectivity index (χ0v) is 10.9. The fourth-order valence-electron chi connectivity index (χ4n) is 1.78. The summed E-state index contributed by atoms with van der Waals surface area (Å²) in [5, 5.41) is 22.7. The summed E-state index contributed by atoms with van der Waals surface area (Å²) in [6.07, 6.45) is 2.06. The van der Waals surface area contributed by atoms with E-state index in [1.807, 2.05) is 6.07 Å². The highest BCUT2D eigenvalue weighted by molar-refractivity contribution is 5.45. The van der Waals surface area contributed by atoms with Crippen LogP contribution in [0.2, 0.25) is 0 Å². The lowest BCUT2D eigenvalue weighted by atomic mass is 10.2. The van der Waals surface area contributed by atoms with Gasteiger partial charge in [0.05, 0.1) is 17.1 Å². The summed E-state index contributed by atoms with van der Waals surface area (Å²) in [6, 6.07) is 3.97. The van der Waals surface area contributed by atoms with Crippen LogP contribution in [-0.2, 0) is 0 Å². The van der Waals surface area contributed by atoms with Crippen LogP contribution >= 0.6 is 0 Å². The van der Waals surface area contributed by atoms with E-state index in [2.05, 4.69) is 5.32 Å². The van der Waals surface area contributed by atoms with Crippen molar-refractivity contribution in [3.8, 4) is 11.8 Å². The number of aryl methyl sites for hydroxylation is 1. The molecule has 1 aromatic rings. The van der Waals surface area contributed by atoms with Crippen molar-refractivity contribution in [1.82, 2.24) is 5.32 Å². The van der Waals surface area contributed by atoms with Crippen molar-refractivity contribution in [3.63, 3.8) is 0 Å². The Balaban J connectivity index is 2.03. The average molecular weight is 279 g/mol. The van der Waals surface area contributed by atoms with Crippen LogP contribution in [-0.4, -0.2) is 23.6 Å². The van der Waals surface area contributed by atoms with Gasteiger partial charge in [-0.15, -0.1) is 0 Å². The van der Waals surface area contributed by atoms with Gasteiger partial charge in [-0.2, -0.15) is 5.26 Å². The highest BCUT2D eigenvalue weighted by atomic mass is 19.1. The monoisotopic (exact) mass is 279 g/mol. The fraction of sp³-hybridized carbons (Fsp3) is 0.462. The molecule has 1 aliphatic rings. The second kappa shape index (κ2) is 5.84. The summed E-state index contributed by atoms with van der Waals surface area (Å²) in [5.74, 6) is -0.878. The van der Waals surface area contributed by atoms with Gasteiger partial charge in [0.2, 0.25) is 0 Å². The Hall–Kier alpha value is -2.20. The third-order valence-electron chi connectivity index (χ3n) is 3.02. The number of ether oxygens (including phenoxy) is 1. The van der Waals surface area contributed by atoms with Gasteiger partial charge in [0.15, 0.2) is 11.6 Å². The number of nitrogens with zero attached hydrogens (tertiary/aromatic N) is 2. The first-order chi connectivity index (χ1) is 9.51. The molecular weight excluding hydrogens is 265 g/mol. The molecule has 1 aromatic carbocycles. The van der Waals surface area contributed by atoms with Crippen molar-refractivity contribution < 1.29 is 14.1 Å². The van der Waals surface area contributed by atoms with Crippen LogP contribution in [0.15, 0.2) is 12.1 Å². The first-order valence-corrected chi connectivity index (χ1v) is 6.24. The van der Waals surface area contributed by atoms with Crippen LogP contribution in [0.4, 0.5) is 10.1 Å². The number of nitriles is 1. The van der Waals surface area contributed by atoms with Gasteiger partial charge >= 0.3 is 0 Å². The Bertz CT molecular complexity index is 567. The molecule has 0 saturated heterocycles. The van der Waals surface area contributed by atoms with Gasteiger partial charge in [-0.25, -0.2) is 4.39 Å². The lowest BCUT2D eigenvalue weighted by Gasteiger charge is -2.13. The third-order valence-corrected chi connectivity index (χ3v) is 3.02. The minimum atomic E-state index is -0.801. The second-order valence-corrected chi connectivity index (χ2v) is 4.76. The van der Waals surface area contributed by atoms with Gasteiger partial charge in [0, 0.05) is 11.6 Å². The fourth-order valence-corrected chi connectivity index (χ4v) is 1.78. The summed E-state index contributed by atoms with van der Waals surface area (Å²) < 4.78 is 18.9. The molecule has 0 aliphatic heterocycles. The topological polar surface area (TPSA) is 88.2 Å². The summed E-state index contributed by atoms with van der Waals surface area (Å²) in [6.45, 7) is 1.51. The SMILES string of the molecule is Cc1cc(OCC(C#N)NC2CC2)c(F)cc1[N+](=O)[O-]. The molecule has 7 heteroatoms. The van der Waals surface area contributed by atoms with Crippen molar-refractivity contribution in [1.29, 1.82) is 5.26 Å². The minimum absolute atomic E-state index is 0.00116. The van der Waals surface area contributed by atoms with Crippen LogP contribution in [0.25, 0.3) is 0 Å². The standard InChI is InChI=1S/C13H14FN3O3/c1-8-4-13(11(14)5-12(8)17(18)19)20-7-10(6-15)16-9-2-3-9/h4-5,9-10,16H,2-3,7H2,1H3. The number of hydrogen-bond acceptors (Lipinski definition) is 5. The number of halogens is 1. The molecule has 0 aromatic heterocycles. The molecule has 0 radical (unpaired) electrons. The Labute approximate surface area is 115 Å². The lowest BCUT2D eigenvalue weighted by Crippen LogP contribution is -2.34. The molecular formula is C13H14FN3O3. The quantitative estimate of drug-likeness (QED) is 0.636. The molecule has 0 bridgehead atoms. The molecule has 6 nitrogen and oxygen atoms in total. The van der Waals surface area contributed by atoms with Gasteiger partial charge in [0.25, 0.3) is 5.69 Å². The van der Waals surface area contributed by atoms with Crippen LogP contribution < -0.4 is 10.1 Å². The molecule has 0 spiro atoms. The van der Waals surface area contributed by atoms with Crippen molar-refractivity contribution in [2.45, 2.75) is 31.8 Å². The van der Waals surface area contributed by atoms with E-state index in [4.69, 9.17) is 10.00 Å². The maximum Gasteiger partial charge on any atom is 0.275 e. The molecule has 1 unspecified atom stereocenters. The van der Waals surface area contributed by atoms with Crippen molar-refractivity contribution in [2.75, 3.05) is 6.61 Å². The number of rotatable bonds is 6. The van der Waals surface area contributed by atoms with Gasteiger partial charge in [-0.3, -0.25) is 15.4 Å². The molecule has 2 rings (SSSR count). The number of hydrogen-bond donors (Lipinski definition) is 1. The maximum absolute atomic E-state index is 13.7. The van der Waals surface area contributed by atoms with E-state index in [1.165, 1.54) is 13.0 Å². The summed E-state index contributed by atoms with van der Waals surface area (Å²) in [7, 11) is 0.